The second kappa shape index (κ2) is 10.7. The maximum absolute atomic E-state index is 11.9. The summed E-state index contributed by atoms with van der Waals surface area (Å²) in [5.74, 6) is -0.174. The molecule has 2 aromatic rings. The quantitative estimate of drug-likeness (QED) is 0.271. The molecule has 0 saturated heterocycles. The van der Waals surface area contributed by atoms with E-state index in [1.807, 2.05) is 24.3 Å². The third-order valence-corrected chi connectivity index (χ3v) is 4.04. The van der Waals surface area contributed by atoms with Crippen LogP contribution in [0.2, 0.25) is 0 Å². The van der Waals surface area contributed by atoms with Crippen molar-refractivity contribution in [3.8, 4) is 22.9 Å². The van der Waals surface area contributed by atoms with Gasteiger partial charge >= 0.3 is 11.9 Å². The normalized spacial score (nSPS) is 10.0. The van der Waals surface area contributed by atoms with Crippen LogP contribution in [0.25, 0.3) is 11.1 Å². The summed E-state index contributed by atoms with van der Waals surface area (Å²) in [6.07, 6.45) is 2.46. The van der Waals surface area contributed by atoms with Crippen LogP contribution in [0.5, 0.6) is 5.75 Å². The maximum atomic E-state index is 11.9. The van der Waals surface area contributed by atoms with E-state index >= 15 is 0 Å². The molecule has 2 rings (SSSR count). The molecule has 0 atom stereocenters. The number of hydrogen-bond acceptors (Lipinski definition) is 5. The van der Waals surface area contributed by atoms with Gasteiger partial charge in [0.25, 0.3) is 0 Å². The Balaban J connectivity index is 1.71. The number of ether oxygens (including phenoxy) is 2. The van der Waals surface area contributed by atoms with Crippen molar-refractivity contribution in [2.75, 3.05) is 6.61 Å². The van der Waals surface area contributed by atoms with Gasteiger partial charge in [-0.05, 0) is 61.6 Å². The van der Waals surface area contributed by atoms with E-state index in [0.29, 0.717) is 42.8 Å². The number of carbonyl (C=O) groups is 2. The predicted octanol–water partition coefficient (Wildman–Crippen LogP) is 4.81. The number of unbranched alkanes of at least 4 members (excludes halogenated alkanes) is 2. The molecule has 0 aromatic heterocycles. The van der Waals surface area contributed by atoms with Crippen LogP contribution >= 0.6 is 0 Å². The van der Waals surface area contributed by atoms with Crippen LogP contribution in [0.3, 0.4) is 0 Å². The second-order valence-electron chi connectivity index (χ2n) is 6.41. The molecular formula is C23H23NO4. The van der Waals surface area contributed by atoms with Crippen LogP contribution in [-0.2, 0) is 14.3 Å². The molecular weight excluding hydrogens is 354 g/mol. The monoisotopic (exact) mass is 377 g/mol. The van der Waals surface area contributed by atoms with Crippen molar-refractivity contribution >= 4 is 11.9 Å². The summed E-state index contributed by atoms with van der Waals surface area (Å²) in [6.45, 7) is 5.45. The van der Waals surface area contributed by atoms with Gasteiger partial charge in [0.2, 0.25) is 0 Å². The van der Waals surface area contributed by atoms with E-state index in [0.717, 1.165) is 17.5 Å². The number of hydrogen-bond donors (Lipinski definition) is 0. The minimum absolute atomic E-state index is 0.287. The SMILES string of the molecule is C=C(C)C(=O)OCCCCCC(=O)Oc1ccc(-c2ccc(C#N)cc2)cc1. The Morgan fingerprint density at radius 2 is 1.57 bits per heavy atom. The van der Waals surface area contributed by atoms with Crippen molar-refractivity contribution < 1.29 is 19.1 Å². The van der Waals surface area contributed by atoms with Gasteiger partial charge < -0.3 is 9.47 Å². The van der Waals surface area contributed by atoms with Crippen LogP contribution in [0.15, 0.2) is 60.7 Å². The first kappa shape index (κ1) is 20.9. The highest BCUT2D eigenvalue weighted by Gasteiger charge is 2.06. The van der Waals surface area contributed by atoms with Gasteiger partial charge in [0.15, 0.2) is 0 Å². The molecule has 0 aliphatic rings. The molecule has 0 aliphatic carbocycles. The van der Waals surface area contributed by atoms with Gasteiger partial charge in [0, 0.05) is 12.0 Å². The van der Waals surface area contributed by atoms with Crippen molar-refractivity contribution in [2.45, 2.75) is 32.6 Å². The lowest BCUT2D eigenvalue weighted by atomic mass is 10.0. The summed E-state index contributed by atoms with van der Waals surface area (Å²) in [6, 6.07) is 16.6. The smallest absolute Gasteiger partial charge is 0.333 e. The average Bonchev–Trinajstić information content (AvgIpc) is 2.71. The molecule has 0 aliphatic heterocycles. The number of esters is 2. The Labute approximate surface area is 165 Å². The van der Waals surface area contributed by atoms with E-state index in [9.17, 15) is 9.59 Å². The molecule has 144 valence electrons. The molecule has 5 heteroatoms. The molecule has 0 heterocycles. The van der Waals surface area contributed by atoms with Crippen molar-refractivity contribution in [1.82, 2.24) is 0 Å². The molecule has 0 spiro atoms. The third kappa shape index (κ3) is 6.73. The fourth-order valence-electron chi connectivity index (χ4n) is 2.47. The molecule has 0 radical (unpaired) electrons. The second-order valence-corrected chi connectivity index (χ2v) is 6.41. The van der Waals surface area contributed by atoms with Gasteiger partial charge in [-0.3, -0.25) is 4.79 Å². The highest BCUT2D eigenvalue weighted by atomic mass is 16.5. The molecule has 0 unspecified atom stereocenters. The van der Waals surface area contributed by atoms with Gasteiger partial charge in [-0.1, -0.05) is 30.8 Å². The molecule has 28 heavy (non-hydrogen) atoms. The van der Waals surface area contributed by atoms with Crippen LogP contribution in [0, 0.1) is 11.3 Å². The molecule has 2 aromatic carbocycles. The van der Waals surface area contributed by atoms with E-state index < -0.39 is 0 Å². The Bertz CT molecular complexity index is 861. The van der Waals surface area contributed by atoms with Gasteiger partial charge in [0.1, 0.15) is 5.75 Å². The minimum Gasteiger partial charge on any atom is -0.462 e. The average molecular weight is 377 g/mol. The Morgan fingerprint density at radius 1 is 0.964 bits per heavy atom. The van der Waals surface area contributed by atoms with Crippen molar-refractivity contribution in [3.05, 3.63) is 66.2 Å². The first-order chi connectivity index (χ1) is 13.5. The molecule has 0 bridgehead atoms. The lowest BCUT2D eigenvalue weighted by Gasteiger charge is -2.07. The Morgan fingerprint density at radius 3 is 2.14 bits per heavy atom. The Kier molecular flexibility index (Phi) is 7.98. The van der Waals surface area contributed by atoms with Gasteiger partial charge in [0.05, 0.1) is 18.2 Å². The van der Waals surface area contributed by atoms with Crippen LogP contribution in [0.4, 0.5) is 0 Å². The van der Waals surface area contributed by atoms with Crippen molar-refractivity contribution in [1.29, 1.82) is 5.26 Å². The van der Waals surface area contributed by atoms with Crippen LogP contribution in [-0.4, -0.2) is 18.5 Å². The van der Waals surface area contributed by atoms with Gasteiger partial charge in [-0.25, -0.2) is 4.79 Å². The number of rotatable bonds is 9. The summed E-state index contributed by atoms with van der Waals surface area (Å²) < 4.78 is 10.3. The zero-order valence-corrected chi connectivity index (χ0v) is 15.9. The first-order valence-corrected chi connectivity index (χ1v) is 9.13. The van der Waals surface area contributed by atoms with E-state index in [1.165, 1.54) is 0 Å². The number of carbonyl (C=O) groups excluding carboxylic acids is 2. The lowest BCUT2D eigenvalue weighted by molar-refractivity contribution is -0.139. The van der Waals surface area contributed by atoms with Crippen molar-refractivity contribution in [2.24, 2.45) is 0 Å². The summed E-state index contributed by atoms with van der Waals surface area (Å²) in [7, 11) is 0. The molecule has 0 N–H and O–H groups in total. The summed E-state index contributed by atoms with van der Waals surface area (Å²) >= 11 is 0. The summed E-state index contributed by atoms with van der Waals surface area (Å²) in [4.78, 5) is 23.1. The van der Waals surface area contributed by atoms with Crippen molar-refractivity contribution in [3.63, 3.8) is 0 Å². The topological polar surface area (TPSA) is 76.4 Å². The molecule has 0 saturated carbocycles. The number of nitrogens with zero attached hydrogens (tertiary/aromatic N) is 1. The first-order valence-electron chi connectivity index (χ1n) is 9.13. The van der Waals surface area contributed by atoms with E-state index in [2.05, 4.69) is 12.6 Å². The lowest BCUT2D eigenvalue weighted by Crippen LogP contribution is -2.08. The molecule has 0 amide bonds. The highest BCUT2D eigenvalue weighted by molar-refractivity contribution is 5.86. The van der Waals surface area contributed by atoms with E-state index in [1.54, 1.807) is 31.2 Å². The largest absolute Gasteiger partial charge is 0.462 e. The van der Waals surface area contributed by atoms with Crippen LogP contribution in [0.1, 0.15) is 38.2 Å². The summed E-state index contributed by atoms with van der Waals surface area (Å²) in [5.41, 5.74) is 2.97. The molecule has 0 fully saturated rings. The zero-order valence-electron chi connectivity index (χ0n) is 15.9. The fraction of sp³-hybridized carbons (Fsp3) is 0.261. The van der Waals surface area contributed by atoms with E-state index in [-0.39, 0.29) is 11.9 Å². The third-order valence-electron chi connectivity index (χ3n) is 4.04. The predicted molar refractivity (Wildman–Crippen MR) is 106 cm³/mol. The van der Waals surface area contributed by atoms with E-state index in [4.69, 9.17) is 14.7 Å². The van der Waals surface area contributed by atoms with Crippen LogP contribution < -0.4 is 4.74 Å². The fourth-order valence-corrected chi connectivity index (χ4v) is 2.47. The van der Waals surface area contributed by atoms with Gasteiger partial charge in [-0.2, -0.15) is 5.26 Å². The number of benzene rings is 2. The Hall–Kier alpha value is -3.39. The molecule has 5 nitrogen and oxygen atoms in total. The standard InChI is InChI=1S/C23H23NO4/c1-17(2)23(26)27-15-5-3-4-6-22(25)28-21-13-11-20(12-14-21)19-9-7-18(16-24)8-10-19/h7-14H,1,3-6,15H2,2H3. The maximum Gasteiger partial charge on any atom is 0.333 e. The van der Waals surface area contributed by atoms with Gasteiger partial charge in [-0.15, -0.1) is 0 Å². The zero-order chi connectivity index (χ0) is 20.4. The number of nitriles is 1. The summed E-state index contributed by atoms with van der Waals surface area (Å²) in [5, 5.41) is 8.84. The highest BCUT2D eigenvalue weighted by Crippen LogP contribution is 2.23. The minimum atomic E-state index is -0.385.